The van der Waals surface area contributed by atoms with E-state index in [0.29, 0.717) is 5.56 Å². The molecule has 7 nitrogen and oxygen atoms in total. The molecule has 7 heteroatoms. The van der Waals surface area contributed by atoms with Crippen LogP contribution in [0.15, 0.2) is 6.07 Å². The lowest BCUT2D eigenvalue weighted by atomic mass is 10.1. The average Bonchev–Trinajstić information content (AvgIpc) is 2.81. The summed E-state index contributed by atoms with van der Waals surface area (Å²) in [6, 6.07) is 1.97. The summed E-state index contributed by atoms with van der Waals surface area (Å²) in [7, 11) is 1.87. The Hall–Kier alpha value is -1.99. The normalized spacial score (nSPS) is 17.2. The van der Waals surface area contributed by atoms with Crippen LogP contribution in [0.2, 0.25) is 0 Å². The monoisotopic (exact) mass is 331 g/mol. The van der Waals surface area contributed by atoms with Gasteiger partial charge < -0.3 is 10.1 Å². The van der Waals surface area contributed by atoms with Gasteiger partial charge in [0.05, 0.1) is 30.2 Å². The van der Waals surface area contributed by atoms with Crippen LogP contribution >= 0.6 is 0 Å². The van der Waals surface area contributed by atoms with Crippen LogP contribution in [0, 0.1) is 13.8 Å². The van der Waals surface area contributed by atoms with Crippen LogP contribution in [0.3, 0.4) is 0 Å². The highest BCUT2D eigenvalue weighted by Gasteiger charge is 2.19. The first-order chi connectivity index (χ1) is 11.5. The summed E-state index contributed by atoms with van der Waals surface area (Å²) in [5.74, 6) is -0.0779. The van der Waals surface area contributed by atoms with Gasteiger partial charge >= 0.3 is 0 Å². The van der Waals surface area contributed by atoms with Crippen molar-refractivity contribution in [3.8, 4) is 0 Å². The van der Waals surface area contributed by atoms with E-state index in [1.54, 1.807) is 4.68 Å². The minimum Gasteiger partial charge on any atom is -0.379 e. The lowest BCUT2D eigenvalue weighted by molar-refractivity contribution is 0.0342. The molecule has 0 saturated carbocycles. The van der Waals surface area contributed by atoms with Gasteiger partial charge in [0, 0.05) is 38.1 Å². The summed E-state index contributed by atoms with van der Waals surface area (Å²) in [6.07, 6.45) is 0. The Morgan fingerprint density at radius 1 is 1.33 bits per heavy atom. The number of hydrogen-bond acceptors (Lipinski definition) is 5. The molecule has 1 amide bonds. The van der Waals surface area contributed by atoms with E-state index in [9.17, 15) is 4.79 Å². The number of ether oxygens (including phenoxy) is 1. The van der Waals surface area contributed by atoms with Gasteiger partial charge in [0.2, 0.25) is 0 Å². The number of nitrogens with zero attached hydrogens (tertiary/aromatic N) is 4. The van der Waals surface area contributed by atoms with Crippen molar-refractivity contribution in [1.29, 1.82) is 0 Å². The second kappa shape index (κ2) is 6.86. The van der Waals surface area contributed by atoms with Crippen LogP contribution in [-0.4, -0.2) is 64.5 Å². The van der Waals surface area contributed by atoms with Crippen LogP contribution in [0.25, 0.3) is 11.0 Å². The van der Waals surface area contributed by atoms with Gasteiger partial charge in [-0.15, -0.1) is 0 Å². The standard InChI is InChI=1S/C17H25N5O2/c1-11(10-22-5-7-24-8-6-22)18-17(23)15-9-14-13(3)20-21(4)16(14)19-12(15)2/h9,11H,5-8,10H2,1-4H3,(H,18,23)/t11-/m0/s1. The molecule has 3 heterocycles. The average molecular weight is 331 g/mol. The molecular formula is C17H25N5O2. The molecule has 3 rings (SSSR count). The van der Waals surface area contributed by atoms with Gasteiger partial charge in [-0.1, -0.05) is 0 Å². The maximum Gasteiger partial charge on any atom is 0.253 e. The van der Waals surface area contributed by atoms with Crippen LogP contribution in [0.1, 0.15) is 28.7 Å². The Labute approximate surface area is 142 Å². The number of carbonyl (C=O) groups is 1. The lowest BCUT2D eigenvalue weighted by Crippen LogP contribution is -2.46. The molecule has 2 aromatic heterocycles. The smallest absolute Gasteiger partial charge is 0.253 e. The SMILES string of the molecule is Cc1nc2c(cc1C(=O)N[C@@H](C)CN1CCOCC1)c(C)nn2C. The number of hydrogen-bond donors (Lipinski definition) is 1. The third kappa shape index (κ3) is 3.42. The number of morpholine rings is 1. The number of rotatable bonds is 4. The van der Waals surface area contributed by atoms with Crippen molar-refractivity contribution >= 4 is 16.9 Å². The van der Waals surface area contributed by atoms with Gasteiger partial charge in [0.15, 0.2) is 5.65 Å². The van der Waals surface area contributed by atoms with Crippen molar-refractivity contribution < 1.29 is 9.53 Å². The zero-order valence-electron chi connectivity index (χ0n) is 14.8. The van der Waals surface area contributed by atoms with Crippen LogP contribution in [-0.2, 0) is 11.8 Å². The number of pyridine rings is 1. The van der Waals surface area contributed by atoms with Crippen molar-refractivity contribution in [2.45, 2.75) is 26.8 Å². The molecule has 1 N–H and O–H groups in total. The number of amides is 1. The topological polar surface area (TPSA) is 72.3 Å². The molecule has 0 bridgehead atoms. The third-order valence-corrected chi connectivity index (χ3v) is 4.45. The first kappa shape index (κ1) is 16.9. The molecule has 1 saturated heterocycles. The van der Waals surface area contributed by atoms with Crippen LogP contribution in [0.5, 0.6) is 0 Å². The Morgan fingerprint density at radius 3 is 2.75 bits per heavy atom. The van der Waals surface area contributed by atoms with Gasteiger partial charge in [-0.25, -0.2) is 4.98 Å². The molecule has 0 radical (unpaired) electrons. The zero-order chi connectivity index (χ0) is 17.3. The molecule has 0 aliphatic carbocycles. The fraction of sp³-hybridized carbons (Fsp3) is 0.588. The van der Waals surface area contributed by atoms with E-state index in [-0.39, 0.29) is 11.9 Å². The lowest BCUT2D eigenvalue weighted by Gasteiger charge is -2.29. The van der Waals surface area contributed by atoms with Crippen LogP contribution in [0.4, 0.5) is 0 Å². The Kier molecular flexibility index (Phi) is 4.82. The maximum absolute atomic E-state index is 12.7. The molecule has 24 heavy (non-hydrogen) atoms. The molecule has 0 unspecified atom stereocenters. The molecule has 0 spiro atoms. The predicted octanol–water partition coefficient (Wildman–Crippen LogP) is 1.04. The van der Waals surface area contributed by atoms with Gasteiger partial charge in [0.1, 0.15) is 0 Å². The Balaban J connectivity index is 1.73. The number of carbonyl (C=O) groups excluding carboxylic acids is 1. The molecule has 2 aromatic rings. The zero-order valence-corrected chi connectivity index (χ0v) is 14.8. The van der Waals surface area contributed by atoms with E-state index in [1.165, 1.54) is 0 Å². The van der Waals surface area contributed by atoms with E-state index in [1.807, 2.05) is 33.9 Å². The molecule has 1 aliphatic rings. The molecule has 1 aliphatic heterocycles. The molecule has 130 valence electrons. The summed E-state index contributed by atoms with van der Waals surface area (Å²) in [4.78, 5) is 19.5. The second-order valence-corrected chi connectivity index (χ2v) is 6.49. The van der Waals surface area contributed by atoms with Gasteiger partial charge in [-0.3, -0.25) is 14.4 Å². The maximum atomic E-state index is 12.7. The fourth-order valence-corrected chi connectivity index (χ4v) is 3.18. The fourth-order valence-electron chi connectivity index (χ4n) is 3.18. The first-order valence-corrected chi connectivity index (χ1v) is 8.37. The van der Waals surface area contributed by atoms with Gasteiger partial charge in [-0.2, -0.15) is 5.10 Å². The highest BCUT2D eigenvalue weighted by molar-refractivity contribution is 5.98. The summed E-state index contributed by atoms with van der Waals surface area (Å²) in [5, 5.41) is 8.39. The minimum atomic E-state index is -0.0779. The van der Waals surface area contributed by atoms with Crippen molar-refractivity contribution in [3.63, 3.8) is 0 Å². The van der Waals surface area contributed by atoms with E-state index in [4.69, 9.17) is 4.74 Å². The predicted molar refractivity (Wildman–Crippen MR) is 92.2 cm³/mol. The largest absolute Gasteiger partial charge is 0.379 e. The van der Waals surface area contributed by atoms with Crippen LogP contribution < -0.4 is 5.32 Å². The highest BCUT2D eigenvalue weighted by Crippen LogP contribution is 2.19. The molecule has 1 fully saturated rings. The van der Waals surface area contributed by atoms with Crippen molar-refractivity contribution in [3.05, 3.63) is 23.0 Å². The summed E-state index contributed by atoms with van der Waals surface area (Å²) in [5.41, 5.74) is 3.03. The van der Waals surface area contributed by atoms with Gasteiger partial charge in [0.25, 0.3) is 5.91 Å². The highest BCUT2D eigenvalue weighted by atomic mass is 16.5. The molecule has 1 atom stereocenters. The van der Waals surface area contributed by atoms with Crippen molar-refractivity contribution in [1.82, 2.24) is 25.0 Å². The number of fused-ring (bicyclic) bond motifs is 1. The molecular weight excluding hydrogens is 306 g/mol. The minimum absolute atomic E-state index is 0.0701. The Morgan fingerprint density at radius 2 is 2.04 bits per heavy atom. The first-order valence-electron chi connectivity index (χ1n) is 8.37. The van der Waals surface area contributed by atoms with E-state index < -0.39 is 0 Å². The van der Waals surface area contributed by atoms with E-state index in [0.717, 1.165) is 55.3 Å². The number of nitrogens with one attached hydrogen (secondary N) is 1. The summed E-state index contributed by atoms with van der Waals surface area (Å²) < 4.78 is 7.11. The number of aryl methyl sites for hydroxylation is 3. The second-order valence-electron chi connectivity index (χ2n) is 6.49. The van der Waals surface area contributed by atoms with E-state index >= 15 is 0 Å². The van der Waals surface area contributed by atoms with Gasteiger partial charge in [-0.05, 0) is 26.8 Å². The van der Waals surface area contributed by atoms with Crippen molar-refractivity contribution in [2.75, 3.05) is 32.8 Å². The summed E-state index contributed by atoms with van der Waals surface area (Å²) in [6.45, 7) is 10.0. The Bertz CT molecular complexity index is 749. The molecule has 0 aromatic carbocycles. The number of aromatic nitrogens is 3. The summed E-state index contributed by atoms with van der Waals surface area (Å²) >= 11 is 0. The van der Waals surface area contributed by atoms with Crippen molar-refractivity contribution in [2.24, 2.45) is 7.05 Å². The third-order valence-electron chi connectivity index (χ3n) is 4.45. The quantitative estimate of drug-likeness (QED) is 0.906. The van der Waals surface area contributed by atoms with E-state index in [2.05, 4.69) is 20.3 Å².